The summed E-state index contributed by atoms with van der Waals surface area (Å²) in [5, 5.41) is 1.17. The van der Waals surface area contributed by atoms with Crippen molar-refractivity contribution in [1.82, 2.24) is 9.88 Å². The largest absolute Gasteiger partial charge is 0.361 e. The number of nitrogens with two attached hydrogens (primary N) is 1. The lowest BCUT2D eigenvalue weighted by atomic mass is 10.1. The van der Waals surface area contributed by atoms with E-state index in [0.29, 0.717) is 6.54 Å². The summed E-state index contributed by atoms with van der Waals surface area (Å²) in [6.45, 7) is 3.49. The molecule has 0 radical (unpaired) electrons. The van der Waals surface area contributed by atoms with Crippen LogP contribution < -0.4 is 5.73 Å². The highest BCUT2D eigenvalue weighted by Gasteiger charge is 2.24. The number of nitrogens with zero attached hydrogens (tertiary/aromatic N) is 1. The monoisotopic (exact) mass is 243 g/mol. The molecule has 3 N–H and O–H groups in total. The van der Waals surface area contributed by atoms with Gasteiger partial charge in [0.1, 0.15) is 0 Å². The van der Waals surface area contributed by atoms with Crippen molar-refractivity contribution in [2.75, 3.05) is 13.1 Å². The number of aromatic nitrogens is 1. The van der Waals surface area contributed by atoms with Gasteiger partial charge < -0.3 is 15.6 Å². The van der Waals surface area contributed by atoms with Crippen LogP contribution >= 0.6 is 0 Å². The quantitative estimate of drug-likeness (QED) is 0.800. The van der Waals surface area contributed by atoms with Crippen molar-refractivity contribution < 1.29 is 4.79 Å². The van der Waals surface area contributed by atoms with Crippen LogP contribution in [0.2, 0.25) is 0 Å². The second-order valence-electron chi connectivity index (χ2n) is 5.03. The fourth-order valence-electron chi connectivity index (χ4n) is 2.56. The van der Waals surface area contributed by atoms with Gasteiger partial charge in [0.25, 0.3) is 5.91 Å². The van der Waals surface area contributed by atoms with Gasteiger partial charge in [0, 0.05) is 41.8 Å². The molecule has 0 unspecified atom stereocenters. The molecule has 1 fully saturated rings. The normalized spacial score (nSPS) is 19.7. The summed E-state index contributed by atoms with van der Waals surface area (Å²) in [6.07, 6.45) is 2.86. The van der Waals surface area contributed by atoms with Crippen LogP contribution in [-0.2, 0) is 0 Å². The standard InChI is InChI=1S/C14H17N3O/c1-9-7-16-13-6-10(2-3-12(9)13)14(18)17-5-4-11(15)8-17/h2-3,6-7,11,16H,4-5,8,15H2,1H3/t11-/m0/s1. The predicted molar refractivity (Wildman–Crippen MR) is 71.5 cm³/mol. The molecule has 0 spiro atoms. The second-order valence-corrected chi connectivity index (χ2v) is 5.03. The van der Waals surface area contributed by atoms with E-state index in [2.05, 4.69) is 11.9 Å². The van der Waals surface area contributed by atoms with Crippen LogP contribution in [0.1, 0.15) is 22.3 Å². The Morgan fingerprint density at radius 3 is 3.06 bits per heavy atom. The van der Waals surface area contributed by atoms with Crippen molar-refractivity contribution in [3.05, 3.63) is 35.5 Å². The fraction of sp³-hybridized carbons (Fsp3) is 0.357. The Morgan fingerprint density at radius 1 is 1.50 bits per heavy atom. The molecule has 1 aliphatic rings. The maximum atomic E-state index is 12.3. The van der Waals surface area contributed by atoms with Gasteiger partial charge in [0.2, 0.25) is 0 Å². The first-order chi connectivity index (χ1) is 8.65. The molecule has 1 aromatic heterocycles. The SMILES string of the molecule is Cc1c[nH]c2cc(C(=O)N3CC[C@H](N)C3)ccc12. The van der Waals surface area contributed by atoms with E-state index in [-0.39, 0.29) is 11.9 Å². The van der Waals surface area contributed by atoms with Gasteiger partial charge in [-0.1, -0.05) is 6.07 Å². The first-order valence-corrected chi connectivity index (χ1v) is 6.28. The van der Waals surface area contributed by atoms with E-state index in [1.165, 1.54) is 10.9 Å². The summed E-state index contributed by atoms with van der Waals surface area (Å²) in [5.74, 6) is 0.0807. The minimum absolute atomic E-state index is 0.0807. The molecule has 4 nitrogen and oxygen atoms in total. The number of carbonyl (C=O) groups excluding carboxylic acids is 1. The van der Waals surface area contributed by atoms with Crippen LogP contribution in [0.3, 0.4) is 0 Å². The zero-order valence-corrected chi connectivity index (χ0v) is 10.4. The zero-order valence-electron chi connectivity index (χ0n) is 10.4. The maximum absolute atomic E-state index is 12.3. The molecule has 1 atom stereocenters. The summed E-state index contributed by atoms with van der Waals surface area (Å²) in [6, 6.07) is 5.96. The average Bonchev–Trinajstić information content (AvgIpc) is 2.95. The molecule has 0 bridgehead atoms. The number of amides is 1. The van der Waals surface area contributed by atoms with Gasteiger partial charge in [-0.25, -0.2) is 0 Å². The van der Waals surface area contributed by atoms with E-state index in [4.69, 9.17) is 5.73 Å². The lowest BCUT2D eigenvalue weighted by Crippen LogP contribution is -2.31. The number of carbonyl (C=O) groups is 1. The van der Waals surface area contributed by atoms with Crippen molar-refractivity contribution >= 4 is 16.8 Å². The maximum Gasteiger partial charge on any atom is 0.253 e. The molecule has 94 valence electrons. The summed E-state index contributed by atoms with van der Waals surface area (Å²) < 4.78 is 0. The molecule has 0 aliphatic carbocycles. The number of hydrogen-bond donors (Lipinski definition) is 2. The second kappa shape index (κ2) is 4.14. The minimum Gasteiger partial charge on any atom is -0.361 e. The van der Waals surface area contributed by atoms with Crippen LogP contribution in [-0.4, -0.2) is 34.9 Å². The number of H-pyrrole nitrogens is 1. The van der Waals surface area contributed by atoms with Crippen LogP contribution in [0.4, 0.5) is 0 Å². The lowest BCUT2D eigenvalue weighted by Gasteiger charge is -2.15. The highest BCUT2D eigenvalue weighted by molar-refractivity contribution is 5.98. The van der Waals surface area contributed by atoms with Crippen LogP contribution in [0, 0.1) is 6.92 Å². The Kier molecular flexibility index (Phi) is 2.59. The van der Waals surface area contributed by atoms with Crippen molar-refractivity contribution in [3.8, 4) is 0 Å². The van der Waals surface area contributed by atoms with Crippen molar-refractivity contribution in [3.63, 3.8) is 0 Å². The molecule has 4 heteroatoms. The van der Waals surface area contributed by atoms with Gasteiger partial charge in [-0.2, -0.15) is 0 Å². The summed E-state index contributed by atoms with van der Waals surface area (Å²) >= 11 is 0. The molecular formula is C14H17N3O. The molecule has 1 saturated heterocycles. The summed E-state index contributed by atoms with van der Waals surface area (Å²) in [7, 11) is 0. The molecule has 1 aromatic carbocycles. The predicted octanol–water partition coefficient (Wildman–Crippen LogP) is 1.65. The topological polar surface area (TPSA) is 62.1 Å². The van der Waals surface area contributed by atoms with E-state index in [1.807, 2.05) is 29.3 Å². The molecule has 3 rings (SSSR count). The Hall–Kier alpha value is -1.81. The smallest absolute Gasteiger partial charge is 0.253 e. The molecule has 1 aliphatic heterocycles. The van der Waals surface area contributed by atoms with Crippen molar-refractivity contribution in [2.24, 2.45) is 5.73 Å². The highest BCUT2D eigenvalue weighted by atomic mass is 16.2. The van der Waals surface area contributed by atoms with Gasteiger partial charge in [-0.05, 0) is 31.0 Å². The Balaban J connectivity index is 1.92. The van der Waals surface area contributed by atoms with Crippen molar-refractivity contribution in [1.29, 1.82) is 0 Å². The number of nitrogens with one attached hydrogen (secondary N) is 1. The zero-order chi connectivity index (χ0) is 12.7. The molecule has 1 amide bonds. The van der Waals surface area contributed by atoms with Crippen LogP contribution in [0.5, 0.6) is 0 Å². The number of benzene rings is 1. The first-order valence-electron chi connectivity index (χ1n) is 6.28. The first kappa shape index (κ1) is 11.3. The number of rotatable bonds is 1. The number of aryl methyl sites for hydroxylation is 1. The van der Waals surface area contributed by atoms with E-state index in [9.17, 15) is 4.79 Å². The number of fused-ring (bicyclic) bond motifs is 1. The Morgan fingerprint density at radius 2 is 2.33 bits per heavy atom. The minimum atomic E-state index is 0.0807. The third-order valence-electron chi connectivity index (χ3n) is 3.65. The van der Waals surface area contributed by atoms with Crippen molar-refractivity contribution in [2.45, 2.75) is 19.4 Å². The molecule has 18 heavy (non-hydrogen) atoms. The third kappa shape index (κ3) is 1.78. The Labute approximate surface area is 106 Å². The average molecular weight is 243 g/mol. The molecule has 2 aromatic rings. The van der Waals surface area contributed by atoms with Gasteiger partial charge in [-0.15, -0.1) is 0 Å². The highest BCUT2D eigenvalue weighted by Crippen LogP contribution is 2.20. The number of aromatic amines is 1. The van der Waals surface area contributed by atoms with Gasteiger partial charge >= 0.3 is 0 Å². The third-order valence-corrected chi connectivity index (χ3v) is 3.65. The van der Waals surface area contributed by atoms with Gasteiger partial charge in [-0.3, -0.25) is 4.79 Å². The van der Waals surface area contributed by atoms with E-state index in [1.54, 1.807) is 0 Å². The molecule has 0 saturated carbocycles. The van der Waals surface area contributed by atoms with Crippen LogP contribution in [0.25, 0.3) is 10.9 Å². The number of hydrogen-bond acceptors (Lipinski definition) is 2. The Bertz CT molecular complexity index is 602. The molecule has 2 heterocycles. The fourth-order valence-corrected chi connectivity index (χ4v) is 2.56. The molecular weight excluding hydrogens is 226 g/mol. The van der Waals surface area contributed by atoms with E-state index < -0.39 is 0 Å². The lowest BCUT2D eigenvalue weighted by molar-refractivity contribution is 0.0791. The van der Waals surface area contributed by atoms with E-state index >= 15 is 0 Å². The van der Waals surface area contributed by atoms with Gasteiger partial charge in [0.05, 0.1) is 0 Å². The van der Waals surface area contributed by atoms with E-state index in [0.717, 1.165) is 24.0 Å². The summed E-state index contributed by atoms with van der Waals surface area (Å²) in [5.41, 5.74) is 8.79. The summed E-state index contributed by atoms with van der Waals surface area (Å²) in [4.78, 5) is 17.3. The van der Waals surface area contributed by atoms with Crippen LogP contribution in [0.15, 0.2) is 24.4 Å². The number of likely N-dealkylation sites (tertiary alicyclic amines) is 1. The van der Waals surface area contributed by atoms with Gasteiger partial charge in [0.15, 0.2) is 0 Å².